The molecule has 1 saturated heterocycles. The van der Waals surface area contributed by atoms with Gasteiger partial charge in [0, 0.05) is 17.5 Å². The van der Waals surface area contributed by atoms with Crippen molar-refractivity contribution in [3.8, 4) is 0 Å². The molecule has 1 fully saturated rings. The highest BCUT2D eigenvalue weighted by Crippen LogP contribution is 2.16. The van der Waals surface area contributed by atoms with Crippen molar-refractivity contribution in [1.29, 1.82) is 0 Å². The summed E-state index contributed by atoms with van der Waals surface area (Å²) in [4.78, 5) is 0. The number of alkyl halides is 1. The van der Waals surface area contributed by atoms with Crippen LogP contribution in [0.15, 0.2) is 0 Å². The second kappa shape index (κ2) is 4.97. The summed E-state index contributed by atoms with van der Waals surface area (Å²) in [5.41, 5.74) is 0. The maximum atomic E-state index is 11.6. The molecule has 1 rings (SSSR count). The van der Waals surface area contributed by atoms with E-state index < -0.39 is 0 Å². The Morgan fingerprint density at radius 3 is 2.70 bits per heavy atom. The monoisotopic (exact) mass is 163 g/mol. The van der Waals surface area contributed by atoms with Crippen LogP contribution in [0.1, 0.15) is 12.8 Å². The van der Waals surface area contributed by atoms with Gasteiger partial charge in [-0.05, 0) is 19.4 Å². The lowest BCUT2D eigenvalue weighted by Crippen LogP contribution is -2.40. The zero-order valence-corrected chi connectivity index (χ0v) is 6.92. The molecule has 60 valence electrons. The van der Waals surface area contributed by atoms with Gasteiger partial charge in [0.2, 0.25) is 0 Å². The van der Waals surface area contributed by atoms with E-state index in [0.717, 1.165) is 19.0 Å². The SMILES string of the molecule is FCCCCNC1CSC1. The van der Waals surface area contributed by atoms with Crippen molar-refractivity contribution in [2.24, 2.45) is 0 Å². The fourth-order valence-corrected chi connectivity index (χ4v) is 1.59. The fraction of sp³-hybridized carbons (Fsp3) is 1.00. The van der Waals surface area contributed by atoms with E-state index in [0.29, 0.717) is 6.42 Å². The number of unbranched alkanes of at least 4 members (excludes halogenated alkanes) is 1. The van der Waals surface area contributed by atoms with Gasteiger partial charge in [-0.3, -0.25) is 4.39 Å². The first kappa shape index (κ1) is 8.34. The molecule has 1 aliphatic heterocycles. The lowest BCUT2D eigenvalue weighted by atomic mass is 10.3. The molecule has 0 radical (unpaired) electrons. The Labute approximate surface area is 65.8 Å². The summed E-state index contributed by atoms with van der Waals surface area (Å²) in [6.45, 7) is 0.830. The van der Waals surface area contributed by atoms with Crippen LogP contribution in [-0.4, -0.2) is 30.8 Å². The maximum absolute atomic E-state index is 11.6. The second-order valence-corrected chi connectivity index (χ2v) is 3.66. The Hall–Kier alpha value is 0.240. The summed E-state index contributed by atoms with van der Waals surface area (Å²) in [7, 11) is 0. The Kier molecular flexibility index (Phi) is 4.14. The number of nitrogens with one attached hydrogen (secondary N) is 1. The van der Waals surface area contributed by atoms with Crippen LogP contribution in [0.4, 0.5) is 4.39 Å². The minimum atomic E-state index is -0.166. The quantitative estimate of drug-likeness (QED) is 0.615. The van der Waals surface area contributed by atoms with Crippen LogP contribution in [0.3, 0.4) is 0 Å². The van der Waals surface area contributed by atoms with Gasteiger partial charge in [-0.25, -0.2) is 0 Å². The van der Waals surface area contributed by atoms with Gasteiger partial charge in [-0.2, -0.15) is 11.8 Å². The lowest BCUT2D eigenvalue weighted by Gasteiger charge is -2.25. The van der Waals surface area contributed by atoms with Crippen LogP contribution in [0.25, 0.3) is 0 Å². The van der Waals surface area contributed by atoms with Gasteiger partial charge in [-0.15, -0.1) is 0 Å². The molecular weight excluding hydrogens is 149 g/mol. The third-order valence-electron chi connectivity index (χ3n) is 1.63. The molecule has 10 heavy (non-hydrogen) atoms. The summed E-state index contributed by atoms with van der Waals surface area (Å²) < 4.78 is 11.6. The first-order chi connectivity index (χ1) is 4.93. The van der Waals surface area contributed by atoms with E-state index in [2.05, 4.69) is 5.32 Å². The summed E-state index contributed by atoms with van der Waals surface area (Å²) >= 11 is 1.97. The van der Waals surface area contributed by atoms with E-state index in [4.69, 9.17) is 0 Å². The Balaban J connectivity index is 1.76. The molecule has 0 saturated carbocycles. The zero-order chi connectivity index (χ0) is 7.23. The third-order valence-corrected chi connectivity index (χ3v) is 2.91. The zero-order valence-electron chi connectivity index (χ0n) is 6.11. The Morgan fingerprint density at radius 1 is 1.40 bits per heavy atom. The second-order valence-electron chi connectivity index (χ2n) is 2.58. The molecule has 1 N–H and O–H groups in total. The largest absolute Gasteiger partial charge is 0.312 e. The topological polar surface area (TPSA) is 12.0 Å². The number of rotatable bonds is 5. The Bertz CT molecular complexity index is 85.7. The predicted molar refractivity (Wildman–Crippen MR) is 44.3 cm³/mol. The molecule has 1 nitrogen and oxygen atoms in total. The molecule has 1 aliphatic rings. The van der Waals surface area contributed by atoms with Gasteiger partial charge >= 0.3 is 0 Å². The van der Waals surface area contributed by atoms with Gasteiger partial charge in [-0.1, -0.05) is 0 Å². The minimum absolute atomic E-state index is 0.166. The summed E-state index contributed by atoms with van der Waals surface area (Å²) in [5, 5.41) is 3.37. The van der Waals surface area contributed by atoms with Gasteiger partial charge in [0.1, 0.15) is 0 Å². The van der Waals surface area contributed by atoms with Crippen molar-refractivity contribution in [1.82, 2.24) is 5.32 Å². The van der Waals surface area contributed by atoms with Gasteiger partial charge in [0.25, 0.3) is 0 Å². The molecule has 0 aromatic rings. The Morgan fingerprint density at radius 2 is 2.20 bits per heavy atom. The summed E-state index contributed by atoms with van der Waals surface area (Å²) in [5.74, 6) is 2.49. The molecule has 0 aliphatic carbocycles. The number of hydrogen-bond acceptors (Lipinski definition) is 2. The van der Waals surface area contributed by atoms with Crippen molar-refractivity contribution in [2.75, 3.05) is 24.7 Å². The molecule has 0 spiro atoms. The third kappa shape index (κ3) is 2.88. The predicted octanol–water partition coefficient (Wildman–Crippen LogP) is 1.44. The van der Waals surface area contributed by atoms with E-state index in [1.165, 1.54) is 11.5 Å². The number of thioether (sulfide) groups is 1. The molecule has 3 heteroatoms. The van der Waals surface area contributed by atoms with E-state index in [1.807, 2.05) is 11.8 Å². The highest BCUT2D eigenvalue weighted by molar-refractivity contribution is 8.00. The van der Waals surface area contributed by atoms with Crippen LogP contribution in [0.2, 0.25) is 0 Å². The van der Waals surface area contributed by atoms with Crippen molar-refractivity contribution in [2.45, 2.75) is 18.9 Å². The van der Waals surface area contributed by atoms with E-state index in [-0.39, 0.29) is 6.67 Å². The lowest BCUT2D eigenvalue weighted by molar-refractivity contribution is 0.448. The fourth-order valence-electron chi connectivity index (χ4n) is 0.879. The van der Waals surface area contributed by atoms with Crippen molar-refractivity contribution in [3.63, 3.8) is 0 Å². The van der Waals surface area contributed by atoms with Crippen LogP contribution in [0, 0.1) is 0 Å². The van der Waals surface area contributed by atoms with Crippen molar-refractivity contribution in [3.05, 3.63) is 0 Å². The smallest absolute Gasteiger partial charge is 0.0894 e. The molecule has 0 unspecified atom stereocenters. The van der Waals surface area contributed by atoms with E-state index in [1.54, 1.807) is 0 Å². The van der Waals surface area contributed by atoms with Gasteiger partial charge in [0.15, 0.2) is 0 Å². The van der Waals surface area contributed by atoms with Crippen LogP contribution >= 0.6 is 11.8 Å². The van der Waals surface area contributed by atoms with E-state index in [9.17, 15) is 4.39 Å². The first-order valence-electron chi connectivity index (χ1n) is 3.80. The molecule has 1 heterocycles. The summed E-state index contributed by atoms with van der Waals surface area (Å²) in [6.07, 6.45) is 1.70. The van der Waals surface area contributed by atoms with Crippen molar-refractivity contribution >= 4 is 11.8 Å². The molecule has 0 amide bonds. The molecule has 0 aromatic carbocycles. The minimum Gasteiger partial charge on any atom is -0.312 e. The van der Waals surface area contributed by atoms with Crippen LogP contribution < -0.4 is 5.32 Å². The van der Waals surface area contributed by atoms with Crippen LogP contribution in [0.5, 0.6) is 0 Å². The first-order valence-corrected chi connectivity index (χ1v) is 4.96. The average molecular weight is 163 g/mol. The van der Waals surface area contributed by atoms with Gasteiger partial charge < -0.3 is 5.32 Å². The average Bonchev–Trinajstić information content (AvgIpc) is 1.84. The molecule has 0 aromatic heterocycles. The molecule has 0 atom stereocenters. The van der Waals surface area contributed by atoms with Crippen molar-refractivity contribution < 1.29 is 4.39 Å². The number of halogens is 1. The standard InChI is InChI=1S/C7H14FNS/c8-3-1-2-4-9-7-5-10-6-7/h7,9H,1-6H2. The highest BCUT2D eigenvalue weighted by atomic mass is 32.2. The van der Waals surface area contributed by atoms with Gasteiger partial charge in [0.05, 0.1) is 6.67 Å². The molecular formula is C7H14FNS. The highest BCUT2D eigenvalue weighted by Gasteiger charge is 2.15. The maximum Gasteiger partial charge on any atom is 0.0894 e. The number of hydrogen-bond donors (Lipinski definition) is 1. The summed E-state index contributed by atoms with van der Waals surface area (Å²) in [6, 6.07) is 0.726. The van der Waals surface area contributed by atoms with E-state index >= 15 is 0 Å². The van der Waals surface area contributed by atoms with Crippen LogP contribution in [-0.2, 0) is 0 Å². The molecule has 0 bridgehead atoms. The normalized spacial score (nSPS) is 18.9.